The summed E-state index contributed by atoms with van der Waals surface area (Å²) in [7, 11) is 1.67. The third kappa shape index (κ3) is 13.1. The van der Waals surface area contributed by atoms with Gasteiger partial charge in [0, 0.05) is 50.7 Å². The first-order valence-electron chi connectivity index (χ1n) is 17.1. The lowest BCUT2D eigenvalue weighted by Crippen LogP contribution is -2.35. The number of hydrogen-bond donors (Lipinski definition) is 3. The molecule has 1 aliphatic heterocycles. The summed E-state index contributed by atoms with van der Waals surface area (Å²) < 4.78 is 42.0. The number of ether oxygens (including phenoxy) is 5. The zero-order chi connectivity index (χ0) is 32.2. The molecule has 2 aromatic rings. The van der Waals surface area contributed by atoms with E-state index in [1.165, 1.54) is 38.2 Å². The summed E-state index contributed by atoms with van der Waals surface area (Å²) in [5.41, 5.74) is 0.520. The highest BCUT2D eigenvalue weighted by Crippen LogP contribution is 2.25. The van der Waals surface area contributed by atoms with Crippen LogP contribution in [0.4, 0.5) is 27.9 Å². The average molecular weight is 648 g/mol. The van der Waals surface area contributed by atoms with Gasteiger partial charge in [-0.3, -0.25) is 4.90 Å². The SMILES string of the molecule is CCN1CCCC1CNc1nc(Nc2ccc(OCCOCCOCCOCCCOC)c(F)c2)nc(NC2CCCCCC2)n1. The summed E-state index contributed by atoms with van der Waals surface area (Å²) in [5.74, 6) is 1.07. The maximum Gasteiger partial charge on any atom is 0.233 e. The Hall–Kier alpha value is -2.84. The summed E-state index contributed by atoms with van der Waals surface area (Å²) in [6, 6.07) is 5.51. The van der Waals surface area contributed by atoms with Crippen LogP contribution in [0, 0.1) is 5.82 Å². The van der Waals surface area contributed by atoms with Gasteiger partial charge in [-0.15, -0.1) is 0 Å². The fourth-order valence-corrected chi connectivity index (χ4v) is 5.82. The molecule has 0 bridgehead atoms. The third-order valence-electron chi connectivity index (χ3n) is 8.28. The highest BCUT2D eigenvalue weighted by Gasteiger charge is 2.23. The molecule has 1 aromatic heterocycles. The van der Waals surface area contributed by atoms with Crippen LogP contribution in [0.3, 0.4) is 0 Å². The van der Waals surface area contributed by atoms with E-state index in [4.69, 9.17) is 28.7 Å². The van der Waals surface area contributed by atoms with Crippen LogP contribution in [0.5, 0.6) is 5.75 Å². The van der Waals surface area contributed by atoms with Crippen molar-refractivity contribution in [3.05, 3.63) is 24.0 Å². The van der Waals surface area contributed by atoms with E-state index in [0.717, 1.165) is 45.3 Å². The monoisotopic (exact) mass is 647 g/mol. The molecule has 1 aromatic carbocycles. The van der Waals surface area contributed by atoms with Crippen LogP contribution in [0.15, 0.2) is 18.2 Å². The number of likely N-dealkylation sites (N-methyl/N-ethyl adjacent to an activating group) is 1. The predicted octanol–water partition coefficient (Wildman–Crippen LogP) is 5.25. The first kappa shape index (κ1) is 36.0. The van der Waals surface area contributed by atoms with Gasteiger partial charge in [0.1, 0.15) is 6.61 Å². The fourth-order valence-electron chi connectivity index (χ4n) is 5.82. The van der Waals surface area contributed by atoms with Crippen molar-refractivity contribution in [3.8, 4) is 5.75 Å². The Bertz CT molecular complexity index is 1130. The number of nitrogens with zero attached hydrogens (tertiary/aromatic N) is 4. The van der Waals surface area contributed by atoms with Gasteiger partial charge in [-0.05, 0) is 57.3 Å². The number of nitrogens with one attached hydrogen (secondary N) is 3. The number of benzene rings is 1. The molecule has 2 fully saturated rings. The average Bonchev–Trinajstić information content (AvgIpc) is 3.37. The Balaban J connectivity index is 1.24. The van der Waals surface area contributed by atoms with E-state index in [0.29, 0.717) is 81.9 Å². The van der Waals surface area contributed by atoms with E-state index >= 15 is 0 Å². The van der Waals surface area contributed by atoms with Crippen molar-refractivity contribution >= 4 is 23.5 Å². The molecule has 2 heterocycles. The number of methoxy groups -OCH3 is 1. The molecule has 1 atom stereocenters. The van der Waals surface area contributed by atoms with Crippen molar-refractivity contribution in [2.45, 2.75) is 76.8 Å². The summed E-state index contributed by atoms with van der Waals surface area (Å²) in [5, 5.41) is 10.1. The third-order valence-corrected chi connectivity index (χ3v) is 8.28. The van der Waals surface area contributed by atoms with Crippen LogP contribution in [0.25, 0.3) is 0 Å². The smallest absolute Gasteiger partial charge is 0.233 e. The largest absolute Gasteiger partial charge is 0.488 e. The quantitative estimate of drug-likeness (QED) is 0.114. The lowest BCUT2D eigenvalue weighted by atomic mass is 10.1. The molecule has 0 amide bonds. The lowest BCUT2D eigenvalue weighted by Gasteiger charge is -2.23. The van der Waals surface area contributed by atoms with Gasteiger partial charge in [0.15, 0.2) is 11.6 Å². The molecular weight excluding hydrogens is 593 g/mol. The maximum absolute atomic E-state index is 14.9. The molecule has 1 aliphatic carbocycles. The van der Waals surface area contributed by atoms with Gasteiger partial charge in [0.25, 0.3) is 0 Å². The van der Waals surface area contributed by atoms with Crippen LogP contribution in [0.1, 0.15) is 64.7 Å². The van der Waals surface area contributed by atoms with E-state index in [1.54, 1.807) is 19.2 Å². The van der Waals surface area contributed by atoms with Gasteiger partial charge in [0.05, 0.1) is 33.0 Å². The molecule has 4 rings (SSSR count). The van der Waals surface area contributed by atoms with Crippen molar-refractivity contribution < 1.29 is 28.1 Å². The normalized spacial score (nSPS) is 17.6. The molecule has 0 radical (unpaired) electrons. The van der Waals surface area contributed by atoms with Crippen LogP contribution in [-0.4, -0.2) is 112 Å². The Morgan fingerprint density at radius 2 is 1.50 bits per heavy atom. The molecule has 12 nitrogen and oxygen atoms in total. The van der Waals surface area contributed by atoms with Crippen molar-refractivity contribution in [2.24, 2.45) is 0 Å². The second-order valence-electron chi connectivity index (χ2n) is 11.7. The van der Waals surface area contributed by atoms with Crippen molar-refractivity contribution in [2.75, 3.05) is 95.5 Å². The molecule has 1 saturated carbocycles. The summed E-state index contributed by atoms with van der Waals surface area (Å²) in [6.07, 6.45) is 10.4. The van der Waals surface area contributed by atoms with Crippen molar-refractivity contribution in [1.82, 2.24) is 19.9 Å². The fraction of sp³-hybridized carbons (Fsp3) is 0.727. The number of anilines is 4. The van der Waals surface area contributed by atoms with Crippen molar-refractivity contribution in [1.29, 1.82) is 0 Å². The first-order valence-corrected chi connectivity index (χ1v) is 17.1. The van der Waals surface area contributed by atoms with Gasteiger partial charge in [-0.2, -0.15) is 15.0 Å². The molecule has 3 N–H and O–H groups in total. The van der Waals surface area contributed by atoms with Crippen LogP contribution in [0.2, 0.25) is 0 Å². The van der Waals surface area contributed by atoms with Gasteiger partial charge >= 0.3 is 0 Å². The van der Waals surface area contributed by atoms with E-state index in [2.05, 4.69) is 37.7 Å². The Morgan fingerprint density at radius 1 is 0.804 bits per heavy atom. The number of hydrogen-bond acceptors (Lipinski definition) is 12. The molecule has 13 heteroatoms. The minimum atomic E-state index is -0.482. The van der Waals surface area contributed by atoms with Crippen LogP contribution in [-0.2, 0) is 18.9 Å². The van der Waals surface area contributed by atoms with Crippen LogP contribution >= 0.6 is 0 Å². The number of rotatable bonds is 22. The minimum Gasteiger partial charge on any atom is -0.488 e. The first-order chi connectivity index (χ1) is 22.6. The summed E-state index contributed by atoms with van der Waals surface area (Å²) in [4.78, 5) is 16.5. The topological polar surface area (TPSA) is 124 Å². The van der Waals surface area contributed by atoms with Gasteiger partial charge < -0.3 is 39.6 Å². The molecule has 1 saturated heterocycles. The lowest BCUT2D eigenvalue weighted by molar-refractivity contribution is 0.00652. The molecule has 1 unspecified atom stereocenters. The maximum atomic E-state index is 14.9. The highest BCUT2D eigenvalue weighted by molar-refractivity contribution is 5.57. The highest BCUT2D eigenvalue weighted by atomic mass is 19.1. The second-order valence-corrected chi connectivity index (χ2v) is 11.7. The second kappa shape index (κ2) is 21.1. The van der Waals surface area contributed by atoms with Gasteiger partial charge in [0.2, 0.25) is 17.8 Å². The Labute approximate surface area is 273 Å². The van der Waals surface area contributed by atoms with E-state index in [-0.39, 0.29) is 12.4 Å². The predicted molar refractivity (Wildman–Crippen MR) is 178 cm³/mol. The molecular formula is C33H54FN7O5. The molecule has 2 aliphatic rings. The Morgan fingerprint density at radius 3 is 2.22 bits per heavy atom. The number of likely N-dealkylation sites (tertiary alicyclic amines) is 1. The number of aromatic nitrogens is 3. The van der Waals surface area contributed by atoms with Crippen LogP contribution < -0.4 is 20.7 Å². The zero-order valence-electron chi connectivity index (χ0n) is 27.7. The summed E-state index contributed by atoms with van der Waals surface area (Å²) in [6.45, 7) is 8.96. The molecule has 46 heavy (non-hydrogen) atoms. The standard InChI is InChI=1S/C33H54FN7O5/c1-3-41-15-8-12-28(41)25-35-31-38-32(36-26-10-6-4-5-7-11-26)40-33(39-31)37-27-13-14-30(29(34)24-27)46-23-22-45-21-20-44-19-18-43-17-9-16-42-2/h13-14,24,26,28H,3-12,15-23,25H2,1-2H3,(H3,35,36,37,38,39,40). The Kier molecular flexibility index (Phi) is 16.5. The summed E-state index contributed by atoms with van der Waals surface area (Å²) >= 11 is 0. The van der Waals surface area contributed by atoms with Crippen molar-refractivity contribution in [3.63, 3.8) is 0 Å². The zero-order valence-corrected chi connectivity index (χ0v) is 27.7. The number of halogens is 1. The van der Waals surface area contributed by atoms with E-state index in [9.17, 15) is 4.39 Å². The van der Waals surface area contributed by atoms with Gasteiger partial charge in [-0.25, -0.2) is 4.39 Å². The molecule has 258 valence electrons. The molecule has 0 spiro atoms. The van der Waals surface area contributed by atoms with E-state index < -0.39 is 5.82 Å². The minimum absolute atomic E-state index is 0.154. The van der Waals surface area contributed by atoms with E-state index in [1.807, 2.05) is 0 Å². The van der Waals surface area contributed by atoms with Gasteiger partial charge in [-0.1, -0.05) is 32.6 Å².